The predicted octanol–water partition coefficient (Wildman–Crippen LogP) is -1.37. The largest absolute Gasteiger partial charge is 0.510 e. The van der Waals surface area contributed by atoms with E-state index in [1.54, 1.807) is 0 Å². The molecule has 25 heavy (non-hydrogen) atoms. The molecule has 3 heterocycles. The summed E-state index contributed by atoms with van der Waals surface area (Å²) >= 11 is 4.39. The highest BCUT2D eigenvalue weighted by Gasteiger charge is 2.49. The fourth-order valence-electron chi connectivity index (χ4n) is 2.55. The molecule has 0 spiro atoms. The number of nitrogen functional groups attached to an aromatic ring is 1. The topological polar surface area (TPSA) is 189 Å². The summed E-state index contributed by atoms with van der Waals surface area (Å²) in [6.45, 7) is -0.874. The maximum absolute atomic E-state index is 11.8. The van der Waals surface area contributed by atoms with E-state index in [0.29, 0.717) is 0 Å². The number of fused-ring (bicyclic) bond motifs is 1. The molecule has 0 radical (unpaired) electrons. The lowest BCUT2D eigenvalue weighted by Crippen LogP contribution is -2.34. The number of aromatic nitrogens is 4. The molecule has 1 fully saturated rings. The number of rotatable bonds is 4. The first-order chi connectivity index (χ1) is 11.6. The van der Waals surface area contributed by atoms with Gasteiger partial charge in [0, 0.05) is 0 Å². The summed E-state index contributed by atoms with van der Waals surface area (Å²) in [4.78, 5) is 40.6. The van der Waals surface area contributed by atoms with E-state index in [-0.39, 0.29) is 17.1 Å². The third-order valence-electron chi connectivity index (χ3n) is 3.53. The standard InChI is InChI=1S/C11H14N5O7PS/c1-3(17)6-7(23-24(20,21)25)5(18)10(22-6)16-2-13-4-8(16)14-11(12)15-9(4)19/h2,5-7,10,17-18H,1H2,(H2,20,21,25)(H3,12,14,15,19)/t5-,6-,7+,10-/m1/s1. The number of hydrogen-bond donors (Lipinski definition) is 6. The predicted molar refractivity (Wildman–Crippen MR) is 87.8 cm³/mol. The number of aliphatic hydroxyl groups excluding tert-OH is 2. The van der Waals surface area contributed by atoms with Crippen LogP contribution < -0.4 is 11.3 Å². The number of hydrogen-bond acceptors (Lipinski definition) is 9. The third-order valence-corrected chi connectivity index (χ3v) is 4.30. The maximum Gasteiger partial charge on any atom is 0.322 e. The van der Waals surface area contributed by atoms with Gasteiger partial charge in [-0.25, -0.2) is 4.98 Å². The lowest BCUT2D eigenvalue weighted by molar-refractivity contribution is -0.0338. The van der Waals surface area contributed by atoms with Gasteiger partial charge in [0.05, 0.1) is 6.33 Å². The van der Waals surface area contributed by atoms with Crippen molar-refractivity contribution < 1.29 is 29.3 Å². The van der Waals surface area contributed by atoms with Crippen LogP contribution in [0.25, 0.3) is 11.2 Å². The minimum Gasteiger partial charge on any atom is -0.510 e. The summed E-state index contributed by atoms with van der Waals surface area (Å²) in [5, 5.41) is 20.1. The van der Waals surface area contributed by atoms with Crippen LogP contribution in [0.5, 0.6) is 0 Å². The van der Waals surface area contributed by atoms with Crippen LogP contribution in [0.15, 0.2) is 23.5 Å². The Morgan fingerprint density at radius 2 is 2.24 bits per heavy atom. The second-order valence-corrected chi connectivity index (χ2v) is 7.88. The Morgan fingerprint density at radius 1 is 1.56 bits per heavy atom. The number of nitrogens with one attached hydrogen (secondary N) is 1. The van der Waals surface area contributed by atoms with Crippen LogP contribution in [0.3, 0.4) is 0 Å². The molecular formula is C11H14N5O7PS. The number of aromatic amines is 1. The Labute approximate surface area is 144 Å². The van der Waals surface area contributed by atoms with Crippen molar-refractivity contribution in [2.45, 2.75) is 24.5 Å². The highest BCUT2D eigenvalue weighted by Crippen LogP contribution is 2.45. The number of anilines is 1. The summed E-state index contributed by atoms with van der Waals surface area (Å²) in [6, 6.07) is 0. The summed E-state index contributed by atoms with van der Waals surface area (Å²) in [5.41, 5.74) is 4.88. The van der Waals surface area contributed by atoms with E-state index >= 15 is 0 Å². The van der Waals surface area contributed by atoms with E-state index < -0.39 is 42.6 Å². The molecule has 0 amide bonds. The van der Waals surface area contributed by atoms with Crippen molar-refractivity contribution in [3.8, 4) is 0 Å². The zero-order valence-corrected chi connectivity index (χ0v) is 14.1. The van der Waals surface area contributed by atoms with Crippen molar-refractivity contribution >= 4 is 35.6 Å². The number of nitrogens with zero attached hydrogens (tertiary/aromatic N) is 3. The van der Waals surface area contributed by atoms with Crippen LogP contribution in [0.4, 0.5) is 5.95 Å². The van der Waals surface area contributed by atoms with Crippen molar-refractivity contribution in [1.82, 2.24) is 19.5 Å². The number of aliphatic hydroxyl groups is 2. The Hall–Kier alpha value is -1.86. The molecule has 2 aromatic heterocycles. The second kappa shape index (κ2) is 6.14. The minimum absolute atomic E-state index is 0.0145. The molecule has 0 unspecified atom stereocenters. The molecule has 2 aromatic rings. The quantitative estimate of drug-likeness (QED) is 0.266. The molecule has 0 aromatic carbocycles. The molecule has 14 heteroatoms. The van der Waals surface area contributed by atoms with Crippen molar-refractivity contribution in [2.75, 3.05) is 5.73 Å². The molecule has 0 aliphatic carbocycles. The summed E-state index contributed by atoms with van der Waals surface area (Å²) in [7, 11) is 0. The lowest BCUT2D eigenvalue weighted by atomic mass is 10.1. The van der Waals surface area contributed by atoms with Crippen LogP contribution >= 0.6 is 6.72 Å². The second-order valence-electron chi connectivity index (χ2n) is 5.26. The summed E-state index contributed by atoms with van der Waals surface area (Å²) in [6.07, 6.45) is -4.30. The highest BCUT2D eigenvalue weighted by molar-refractivity contribution is 8.06. The van der Waals surface area contributed by atoms with E-state index in [1.165, 1.54) is 10.9 Å². The van der Waals surface area contributed by atoms with Crippen molar-refractivity contribution in [3.63, 3.8) is 0 Å². The van der Waals surface area contributed by atoms with Crippen LogP contribution in [0, 0.1) is 0 Å². The van der Waals surface area contributed by atoms with Gasteiger partial charge in [0.1, 0.15) is 24.1 Å². The van der Waals surface area contributed by atoms with Gasteiger partial charge in [-0.15, -0.1) is 0 Å². The molecule has 1 aliphatic rings. The van der Waals surface area contributed by atoms with Crippen LogP contribution in [0.1, 0.15) is 6.23 Å². The van der Waals surface area contributed by atoms with E-state index in [9.17, 15) is 24.8 Å². The number of ether oxygens (including phenoxy) is 1. The molecule has 136 valence electrons. The Kier molecular flexibility index (Phi) is 4.41. The number of H-pyrrole nitrogens is 1. The molecule has 4 atom stereocenters. The average molecular weight is 391 g/mol. The van der Waals surface area contributed by atoms with Crippen molar-refractivity contribution in [1.29, 1.82) is 0 Å². The van der Waals surface area contributed by atoms with Gasteiger partial charge >= 0.3 is 6.72 Å². The first kappa shape index (κ1) is 17.9. The van der Waals surface area contributed by atoms with E-state index in [2.05, 4.69) is 33.3 Å². The Balaban J connectivity index is 2.05. The molecule has 0 bridgehead atoms. The van der Waals surface area contributed by atoms with Gasteiger partial charge in [0.15, 0.2) is 17.4 Å². The smallest absolute Gasteiger partial charge is 0.322 e. The van der Waals surface area contributed by atoms with E-state index in [0.717, 1.165) is 0 Å². The monoisotopic (exact) mass is 391 g/mol. The van der Waals surface area contributed by atoms with Gasteiger partial charge in [0.2, 0.25) is 5.95 Å². The zero-order chi connectivity index (χ0) is 18.5. The first-order valence-corrected chi connectivity index (χ1v) is 9.38. The summed E-state index contributed by atoms with van der Waals surface area (Å²) < 4.78 is 11.5. The minimum atomic E-state index is -4.17. The Bertz CT molecular complexity index is 939. The average Bonchev–Trinajstić information content (AvgIpc) is 3.00. The van der Waals surface area contributed by atoms with Gasteiger partial charge in [-0.05, 0) is 11.8 Å². The molecule has 0 saturated carbocycles. The van der Waals surface area contributed by atoms with E-state index in [1.807, 2.05) is 0 Å². The van der Waals surface area contributed by atoms with E-state index in [4.69, 9.17) is 15.0 Å². The van der Waals surface area contributed by atoms with Crippen LogP contribution in [-0.2, 0) is 21.1 Å². The number of nitrogens with two attached hydrogens (primary N) is 1. The molecular weight excluding hydrogens is 377 g/mol. The SMILES string of the molecule is C=C(O)[C@H]1O[C@@H](n2cnc3c(=O)[nH]c(N)nc32)[C@H](O)[C@@H]1OP(O)(O)=S. The molecule has 3 rings (SSSR count). The Morgan fingerprint density at radius 3 is 2.84 bits per heavy atom. The maximum atomic E-state index is 11.8. The third kappa shape index (κ3) is 3.30. The van der Waals surface area contributed by atoms with Crippen molar-refractivity contribution in [2.24, 2.45) is 0 Å². The van der Waals surface area contributed by atoms with Gasteiger partial charge < -0.3 is 30.5 Å². The fourth-order valence-corrected chi connectivity index (χ4v) is 3.40. The summed E-state index contributed by atoms with van der Waals surface area (Å²) in [5.74, 6) is -0.700. The van der Waals surface area contributed by atoms with Gasteiger partial charge in [0.25, 0.3) is 5.56 Å². The molecule has 1 aliphatic heterocycles. The highest BCUT2D eigenvalue weighted by atomic mass is 32.5. The van der Waals surface area contributed by atoms with Crippen LogP contribution in [0.2, 0.25) is 0 Å². The molecule has 7 N–H and O–H groups in total. The first-order valence-electron chi connectivity index (χ1n) is 6.76. The zero-order valence-electron chi connectivity index (χ0n) is 12.4. The van der Waals surface area contributed by atoms with Gasteiger partial charge in [-0.1, -0.05) is 6.58 Å². The fraction of sp³-hybridized carbons (Fsp3) is 0.364. The lowest BCUT2D eigenvalue weighted by Gasteiger charge is -2.22. The normalized spacial score (nSPS) is 27.0. The van der Waals surface area contributed by atoms with Gasteiger partial charge in [-0.3, -0.25) is 18.9 Å². The number of imidazole rings is 1. The molecule has 1 saturated heterocycles. The molecule has 12 nitrogen and oxygen atoms in total. The van der Waals surface area contributed by atoms with Crippen LogP contribution in [-0.4, -0.2) is 57.8 Å². The van der Waals surface area contributed by atoms with Gasteiger partial charge in [-0.2, -0.15) is 4.98 Å². The van der Waals surface area contributed by atoms with Crippen molar-refractivity contribution in [3.05, 3.63) is 29.0 Å².